The van der Waals surface area contributed by atoms with Gasteiger partial charge in [-0.3, -0.25) is 14.5 Å². The van der Waals surface area contributed by atoms with Gasteiger partial charge in [-0.25, -0.2) is 0 Å². The number of imide groups is 1. The van der Waals surface area contributed by atoms with E-state index in [1.165, 1.54) is 10.5 Å². The molecule has 0 aromatic heterocycles. The highest BCUT2D eigenvalue weighted by Gasteiger charge is 2.67. The van der Waals surface area contributed by atoms with Crippen molar-refractivity contribution in [2.45, 2.75) is 71.9 Å². The van der Waals surface area contributed by atoms with Gasteiger partial charge in [-0.2, -0.15) is 0 Å². The van der Waals surface area contributed by atoms with E-state index in [9.17, 15) is 9.59 Å². The monoisotopic (exact) mass is 537 g/mol. The largest absolute Gasteiger partial charge is 0.318 e. The number of rotatable bonds is 5. The maximum atomic E-state index is 15.6. The number of benzene rings is 2. The highest BCUT2D eigenvalue weighted by molar-refractivity contribution is 7.73. The smallest absolute Gasteiger partial charge is 0.238 e. The third-order valence-electron chi connectivity index (χ3n) is 8.73. The second-order valence-corrected chi connectivity index (χ2v) is 15.3. The van der Waals surface area contributed by atoms with Gasteiger partial charge >= 0.3 is 0 Å². The van der Waals surface area contributed by atoms with Crippen molar-refractivity contribution in [2.75, 3.05) is 11.1 Å². The van der Waals surface area contributed by atoms with Gasteiger partial charge < -0.3 is 4.57 Å². The maximum absolute atomic E-state index is 15.6. The van der Waals surface area contributed by atoms with Crippen molar-refractivity contribution in [1.82, 2.24) is 0 Å². The van der Waals surface area contributed by atoms with E-state index in [0.29, 0.717) is 22.8 Å². The molecule has 1 aliphatic carbocycles. The summed E-state index contributed by atoms with van der Waals surface area (Å²) < 4.78 is 15.6. The number of anilines is 1. The molecule has 5 atom stereocenters. The van der Waals surface area contributed by atoms with Crippen LogP contribution in [-0.4, -0.2) is 23.6 Å². The predicted octanol–water partition coefficient (Wildman–Crippen LogP) is 7.38. The fraction of sp³-hybridized carbons (Fsp3) is 0.484. The van der Waals surface area contributed by atoms with E-state index >= 15 is 4.57 Å². The van der Waals surface area contributed by atoms with E-state index in [2.05, 4.69) is 53.7 Å². The second-order valence-electron chi connectivity index (χ2n) is 12.0. The Hall–Kier alpha value is -2.16. The number of amides is 2. The minimum atomic E-state index is -3.15. The number of carbonyl (C=O) groups is 2. The number of carbonyl (C=O) groups excluding carboxylic acids is 2. The first-order valence-electron chi connectivity index (χ1n) is 13.5. The molecule has 2 fully saturated rings. The number of nitrogens with zero attached hydrogens (tertiary/aromatic N) is 1. The second kappa shape index (κ2) is 9.24. The molecule has 2 bridgehead atoms. The number of allylic oxidation sites excluding steroid dienone is 2. The highest BCUT2D eigenvalue weighted by atomic mass is 35.5. The first-order chi connectivity index (χ1) is 17.4. The molecule has 3 heterocycles. The van der Waals surface area contributed by atoms with Crippen molar-refractivity contribution in [2.24, 2.45) is 17.8 Å². The van der Waals surface area contributed by atoms with Crippen LogP contribution < -0.4 is 10.2 Å². The summed E-state index contributed by atoms with van der Waals surface area (Å²) in [5.41, 5.74) is 4.32. The average molecular weight is 538 g/mol. The molecule has 0 N–H and O–H groups in total. The first-order valence-corrected chi connectivity index (χ1v) is 15.8. The molecule has 4 aliphatic rings. The Morgan fingerprint density at radius 2 is 1.41 bits per heavy atom. The van der Waals surface area contributed by atoms with E-state index in [-0.39, 0.29) is 23.7 Å². The standard InChI is InChI=1S/C31H37ClNO3P/c1-16(2)20-13-22(17(3)4)29(23(14-20)18(5)6)37(36)15-24-25-26(28(37)19(7)27(24)32)31(35)33(30(25)34)21-11-9-8-10-12-21/h8-14,16-18,24-26,28H,15H2,1-7H3. The van der Waals surface area contributed by atoms with Crippen LogP contribution in [0.5, 0.6) is 0 Å². The molecule has 37 heavy (non-hydrogen) atoms. The number of para-hydroxylation sites is 1. The van der Waals surface area contributed by atoms with Gasteiger partial charge in [-0.05, 0) is 59.1 Å². The van der Waals surface area contributed by atoms with Crippen LogP contribution in [0.15, 0.2) is 53.1 Å². The third kappa shape index (κ3) is 3.81. The third-order valence-corrected chi connectivity index (χ3v) is 13.1. The quantitative estimate of drug-likeness (QED) is 0.295. The Kier molecular flexibility index (Phi) is 6.61. The zero-order valence-electron chi connectivity index (χ0n) is 22.8. The molecule has 2 aromatic carbocycles. The van der Waals surface area contributed by atoms with Gasteiger partial charge in [0, 0.05) is 22.4 Å². The molecule has 6 rings (SSSR count). The molecule has 0 saturated carbocycles. The number of hydrogen-bond donors (Lipinski definition) is 0. The van der Waals surface area contributed by atoms with E-state index in [4.69, 9.17) is 11.6 Å². The maximum Gasteiger partial charge on any atom is 0.238 e. The molecule has 2 aromatic rings. The van der Waals surface area contributed by atoms with E-state index < -0.39 is 30.6 Å². The molecular formula is C31H37ClNO3P. The Bertz CT molecular complexity index is 1330. The van der Waals surface area contributed by atoms with E-state index in [1.54, 1.807) is 12.1 Å². The summed E-state index contributed by atoms with van der Waals surface area (Å²) in [4.78, 5) is 29.1. The normalized spacial score (nSPS) is 29.3. The van der Waals surface area contributed by atoms with Gasteiger partial charge in [-0.15, -0.1) is 0 Å². The molecule has 196 valence electrons. The molecular weight excluding hydrogens is 501 g/mol. The molecule has 3 aliphatic heterocycles. The van der Waals surface area contributed by atoms with Crippen molar-refractivity contribution in [3.63, 3.8) is 0 Å². The predicted molar refractivity (Wildman–Crippen MR) is 153 cm³/mol. The summed E-state index contributed by atoms with van der Waals surface area (Å²) in [6.45, 7) is 14.9. The molecule has 0 spiro atoms. The average Bonchev–Trinajstić information content (AvgIpc) is 3.11. The Labute approximate surface area is 225 Å². The van der Waals surface area contributed by atoms with Crippen molar-refractivity contribution >= 4 is 41.5 Å². The Balaban J connectivity index is 1.74. The fourth-order valence-electron chi connectivity index (χ4n) is 6.92. The van der Waals surface area contributed by atoms with Crippen LogP contribution in [0.4, 0.5) is 5.69 Å². The summed E-state index contributed by atoms with van der Waals surface area (Å²) in [5.74, 6) is -1.36. The highest BCUT2D eigenvalue weighted by Crippen LogP contribution is 2.70. The lowest BCUT2D eigenvalue weighted by molar-refractivity contribution is -0.122. The summed E-state index contributed by atoms with van der Waals surface area (Å²) in [7, 11) is -3.15. The van der Waals surface area contributed by atoms with Crippen LogP contribution in [0, 0.1) is 17.8 Å². The van der Waals surface area contributed by atoms with Gasteiger partial charge in [0.2, 0.25) is 11.8 Å². The fourth-order valence-corrected chi connectivity index (χ4v) is 12.2. The van der Waals surface area contributed by atoms with Crippen LogP contribution >= 0.6 is 18.7 Å². The van der Waals surface area contributed by atoms with Crippen LogP contribution in [0.25, 0.3) is 0 Å². The van der Waals surface area contributed by atoms with E-state index in [1.807, 2.05) is 25.1 Å². The van der Waals surface area contributed by atoms with Crippen LogP contribution in [0.2, 0.25) is 0 Å². The lowest BCUT2D eigenvalue weighted by Gasteiger charge is -2.49. The Morgan fingerprint density at radius 1 is 0.865 bits per heavy atom. The van der Waals surface area contributed by atoms with E-state index in [0.717, 1.165) is 22.0 Å². The molecule has 5 unspecified atom stereocenters. The summed E-state index contributed by atoms with van der Waals surface area (Å²) in [6.07, 6.45) is 0.344. The zero-order chi connectivity index (χ0) is 27.0. The lowest BCUT2D eigenvalue weighted by atomic mass is 9.74. The molecule has 6 heteroatoms. The minimum Gasteiger partial charge on any atom is -0.318 e. The lowest BCUT2D eigenvalue weighted by Crippen LogP contribution is -2.50. The SMILES string of the molecule is CC1=C(Cl)C2CP(=O)(c3c(C(C)C)cc(C(C)C)cc3C(C)C)C1C1C(=O)N(c3ccccc3)C(=O)C21. The number of fused-ring (bicyclic) bond motifs is 1. The number of hydrogen-bond acceptors (Lipinski definition) is 3. The van der Waals surface area contributed by atoms with Crippen molar-refractivity contribution in [1.29, 1.82) is 0 Å². The topological polar surface area (TPSA) is 54.5 Å². The first kappa shape index (κ1) is 26.4. The van der Waals surface area contributed by atoms with Gasteiger partial charge in [0.05, 0.1) is 23.2 Å². The van der Waals surface area contributed by atoms with Gasteiger partial charge in [-0.1, -0.05) is 83.5 Å². The minimum absolute atomic E-state index is 0.176. The molecule has 0 radical (unpaired) electrons. The summed E-state index contributed by atoms with van der Waals surface area (Å²) in [6, 6.07) is 13.6. The van der Waals surface area contributed by atoms with Crippen LogP contribution in [0.3, 0.4) is 0 Å². The molecule has 2 saturated heterocycles. The summed E-state index contributed by atoms with van der Waals surface area (Å²) in [5, 5.41) is 1.57. The molecule has 4 nitrogen and oxygen atoms in total. The summed E-state index contributed by atoms with van der Waals surface area (Å²) >= 11 is 6.90. The van der Waals surface area contributed by atoms with Crippen molar-refractivity contribution in [3.8, 4) is 0 Å². The van der Waals surface area contributed by atoms with Crippen molar-refractivity contribution < 1.29 is 14.2 Å². The zero-order valence-corrected chi connectivity index (χ0v) is 24.4. The van der Waals surface area contributed by atoms with Gasteiger partial charge in [0.25, 0.3) is 0 Å². The van der Waals surface area contributed by atoms with Gasteiger partial charge in [0.15, 0.2) is 0 Å². The number of halogens is 1. The Morgan fingerprint density at radius 3 is 1.92 bits per heavy atom. The van der Waals surface area contributed by atoms with Crippen molar-refractivity contribution in [3.05, 3.63) is 69.8 Å². The van der Waals surface area contributed by atoms with Gasteiger partial charge in [0.1, 0.15) is 7.14 Å². The van der Waals surface area contributed by atoms with Crippen LogP contribution in [0.1, 0.15) is 82.9 Å². The molecule has 2 amide bonds. The van der Waals surface area contributed by atoms with Crippen LogP contribution in [-0.2, 0) is 14.2 Å².